The number of hydrogen-bond donors (Lipinski definition) is 2. The number of anilines is 2. The number of aromatic nitrogens is 3. The second-order valence-corrected chi connectivity index (χ2v) is 7.85. The van der Waals surface area contributed by atoms with Gasteiger partial charge in [-0.15, -0.1) is 0 Å². The van der Waals surface area contributed by atoms with Gasteiger partial charge >= 0.3 is 0 Å². The van der Waals surface area contributed by atoms with Crippen LogP contribution in [0.25, 0.3) is 11.8 Å². The molecule has 0 radical (unpaired) electrons. The van der Waals surface area contributed by atoms with E-state index >= 15 is 0 Å². The Hall–Kier alpha value is -4.66. The minimum absolute atomic E-state index is 0.0691. The standard InChI is InChI=1S/C26H24FN5O3/c1-15-11-24(35-22-7-5-4-6-19(22)27)30-14-21(15)32-26(29)18(13-31-32)25(33)16(2)10-17-8-9-20(28)23(12-17)34-3/h4-14H,28-29H2,1-3H3/b16-10+. The maximum atomic E-state index is 13.9. The van der Waals surface area contributed by atoms with Crippen LogP contribution in [-0.4, -0.2) is 27.7 Å². The first-order chi connectivity index (χ1) is 16.8. The number of ketones is 1. The van der Waals surface area contributed by atoms with Crippen molar-refractivity contribution in [1.82, 2.24) is 14.8 Å². The molecule has 0 saturated heterocycles. The highest BCUT2D eigenvalue weighted by Crippen LogP contribution is 2.28. The number of pyridine rings is 1. The van der Waals surface area contributed by atoms with Crippen LogP contribution in [0.15, 0.2) is 66.5 Å². The molecule has 0 unspecified atom stereocenters. The number of nitrogens with two attached hydrogens (primary N) is 2. The third-order valence-electron chi connectivity index (χ3n) is 5.39. The number of allylic oxidation sites excluding steroid dienone is 1. The fraction of sp³-hybridized carbons (Fsp3) is 0.115. The smallest absolute Gasteiger partial charge is 0.219 e. The summed E-state index contributed by atoms with van der Waals surface area (Å²) < 4.78 is 26.1. The number of ether oxygens (including phenoxy) is 2. The van der Waals surface area contributed by atoms with Crippen LogP contribution in [0, 0.1) is 12.7 Å². The van der Waals surface area contributed by atoms with Gasteiger partial charge in [-0.25, -0.2) is 14.1 Å². The lowest BCUT2D eigenvalue weighted by atomic mass is 10.0. The quantitative estimate of drug-likeness (QED) is 0.221. The number of hydrogen-bond acceptors (Lipinski definition) is 7. The second-order valence-electron chi connectivity index (χ2n) is 7.85. The Labute approximate surface area is 201 Å². The number of para-hydroxylation sites is 1. The molecule has 0 saturated carbocycles. The van der Waals surface area contributed by atoms with Gasteiger partial charge < -0.3 is 20.9 Å². The van der Waals surface area contributed by atoms with Gasteiger partial charge in [0.15, 0.2) is 17.3 Å². The van der Waals surface area contributed by atoms with E-state index < -0.39 is 5.82 Å². The molecule has 178 valence electrons. The predicted octanol–water partition coefficient (Wildman–Crippen LogP) is 4.97. The van der Waals surface area contributed by atoms with E-state index in [-0.39, 0.29) is 28.8 Å². The molecule has 0 aliphatic heterocycles. The van der Waals surface area contributed by atoms with Gasteiger partial charge in [0.2, 0.25) is 5.88 Å². The van der Waals surface area contributed by atoms with Gasteiger partial charge in [0.1, 0.15) is 11.6 Å². The molecule has 2 aromatic carbocycles. The molecule has 8 nitrogen and oxygen atoms in total. The van der Waals surface area contributed by atoms with Crippen LogP contribution in [0.4, 0.5) is 15.9 Å². The summed E-state index contributed by atoms with van der Waals surface area (Å²) >= 11 is 0. The van der Waals surface area contributed by atoms with Crippen molar-refractivity contribution in [2.24, 2.45) is 0 Å². The summed E-state index contributed by atoms with van der Waals surface area (Å²) in [6, 6.07) is 13.0. The molecule has 2 aromatic heterocycles. The zero-order chi connectivity index (χ0) is 25.1. The number of methoxy groups -OCH3 is 1. The first-order valence-electron chi connectivity index (χ1n) is 10.7. The molecule has 2 heterocycles. The molecule has 0 spiro atoms. The maximum absolute atomic E-state index is 13.9. The predicted molar refractivity (Wildman–Crippen MR) is 132 cm³/mol. The van der Waals surface area contributed by atoms with Gasteiger partial charge in [0.25, 0.3) is 0 Å². The van der Waals surface area contributed by atoms with E-state index in [1.807, 2.05) is 6.92 Å². The number of halogens is 1. The molecule has 9 heteroatoms. The molecule has 0 bridgehead atoms. The van der Waals surface area contributed by atoms with Crippen LogP contribution in [0.5, 0.6) is 17.4 Å². The van der Waals surface area contributed by atoms with Crippen LogP contribution in [0.3, 0.4) is 0 Å². The highest BCUT2D eigenvalue weighted by Gasteiger charge is 2.19. The number of nitrogen functional groups attached to an aromatic ring is 2. The Morgan fingerprint density at radius 1 is 1.09 bits per heavy atom. The highest BCUT2D eigenvalue weighted by molar-refractivity contribution is 6.13. The van der Waals surface area contributed by atoms with E-state index in [1.165, 1.54) is 36.3 Å². The maximum Gasteiger partial charge on any atom is 0.219 e. The molecule has 0 atom stereocenters. The van der Waals surface area contributed by atoms with Gasteiger partial charge in [-0.05, 0) is 60.9 Å². The second kappa shape index (κ2) is 9.68. The van der Waals surface area contributed by atoms with Crippen molar-refractivity contribution < 1.29 is 18.7 Å². The fourth-order valence-electron chi connectivity index (χ4n) is 3.51. The normalized spacial score (nSPS) is 11.4. The minimum atomic E-state index is -0.489. The number of carbonyl (C=O) groups is 1. The molecule has 0 aliphatic rings. The summed E-state index contributed by atoms with van der Waals surface area (Å²) in [4.78, 5) is 17.3. The minimum Gasteiger partial charge on any atom is -0.495 e. The molecule has 4 rings (SSSR count). The van der Waals surface area contributed by atoms with Crippen molar-refractivity contribution in [3.8, 4) is 23.1 Å². The number of rotatable bonds is 7. The SMILES string of the molecule is COc1cc(/C=C(\C)C(=O)c2cnn(-c3cnc(Oc4ccccc4F)cc3C)c2N)ccc1N. The number of Topliss-reactive ketones (excluding diaryl/α,β-unsaturated/α-hetero) is 1. The number of carbonyl (C=O) groups excluding carboxylic acids is 1. The molecule has 4 N–H and O–H groups in total. The van der Waals surface area contributed by atoms with E-state index in [4.69, 9.17) is 20.9 Å². The lowest BCUT2D eigenvalue weighted by molar-refractivity contribution is 0.103. The van der Waals surface area contributed by atoms with Crippen molar-refractivity contribution in [2.75, 3.05) is 18.6 Å². The third-order valence-corrected chi connectivity index (χ3v) is 5.39. The fourth-order valence-corrected chi connectivity index (χ4v) is 3.51. The van der Waals surface area contributed by atoms with E-state index in [0.29, 0.717) is 22.7 Å². The van der Waals surface area contributed by atoms with Crippen molar-refractivity contribution >= 4 is 23.4 Å². The third kappa shape index (κ3) is 4.84. The lowest BCUT2D eigenvalue weighted by Crippen LogP contribution is -2.08. The number of benzene rings is 2. The number of aryl methyl sites for hydroxylation is 1. The molecule has 0 aliphatic carbocycles. The average molecular weight is 474 g/mol. The number of nitrogens with zero attached hydrogens (tertiary/aromatic N) is 3. The topological polar surface area (TPSA) is 118 Å². The summed E-state index contributed by atoms with van der Waals surface area (Å²) in [7, 11) is 1.53. The van der Waals surface area contributed by atoms with E-state index in [2.05, 4.69) is 10.1 Å². The Bertz CT molecular complexity index is 1440. The van der Waals surface area contributed by atoms with Crippen molar-refractivity contribution in [3.63, 3.8) is 0 Å². The monoisotopic (exact) mass is 473 g/mol. The molecule has 0 fully saturated rings. The highest BCUT2D eigenvalue weighted by atomic mass is 19.1. The molecule has 4 aromatic rings. The largest absolute Gasteiger partial charge is 0.495 e. The Morgan fingerprint density at radius 2 is 1.86 bits per heavy atom. The van der Waals surface area contributed by atoms with E-state index in [9.17, 15) is 9.18 Å². The van der Waals surface area contributed by atoms with E-state index in [1.54, 1.807) is 49.4 Å². The van der Waals surface area contributed by atoms with Gasteiger partial charge in [-0.3, -0.25) is 4.79 Å². The summed E-state index contributed by atoms with van der Waals surface area (Å²) in [6.07, 6.45) is 4.65. The van der Waals surface area contributed by atoms with Gasteiger partial charge in [-0.2, -0.15) is 5.10 Å². The molecular formula is C26H24FN5O3. The van der Waals surface area contributed by atoms with Crippen LogP contribution in [0.2, 0.25) is 0 Å². The summed E-state index contributed by atoms with van der Waals surface area (Å²) in [6.45, 7) is 3.51. The molecule has 35 heavy (non-hydrogen) atoms. The molecular weight excluding hydrogens is 449 g/mol. The van der Waals surface area contributed by atoms with Gasteiger partial charge in [-0.1, -0.05) is 18.2 Å². The van der Waals surface area contributed by atoms with Gasteiger partial charge in [0, 0.05) is 6.07 Å². The Balaban J connectivity index is 1.59. The van der Waals surface area contributed by atoms with Crippen LogP contribution < -0.4 is 20.9 Å². The van der Waals surface area contributed by atoms with E-state index in [0.717, 1.165) is 11.1 Å². The van der Waals surface area contributed by atoms with Crippen molar-refractivity contribution in [1.29, 1.82) is 0 Å². The Kier molecular flexibility index (Phi) is 6.50. The molecule has 0 amide bonds. The first-order valence-corrected chi connectivity index (χ1v) is 10.7. The summed E-state index contributed by atoms with van der Waals surface area (Å²) in [5.74, 6) is 0.226. The van der Waals surface area contributed by atoms with Crippen LogP contribution in [0.1, 0.15) is 28.4 Å². The summed E-state index contributed by atoms with van der Waals surface area (Å²) in [5.41, 5.74) is 15.4. The van der Waals surface area contributed by atoms with Crippen LogP contribution in [-0.2, 0) is 0 Å². The van der Waals surface area contributed by atoms with Crippen molar-refractivity contribution in [3.05, 3.63) is 89.0 Å². The summed E-state index contributed by atoms with van der Waals surface area (Å²) in [5, 5.41) is 4.29. The Morgan fingerprint density at radius 3 is 2.57 bits per heavy atom. The zero-order valence-electron chi connectivity index (χ0n) is 19.4. The first kappa shape index (κ1) is 23.5. The van der Waals surface area contributed by atoms with Crippen molar-refractivity contribution in [2.45, 2.75) is 13.8 Å². The van der Waals surface area contributed by atoms with Gasteiger partial charge in [0.05, 0.1) is 36.4 Å². The average Bonchev–Trinajstić information content (AvgIpc) is 3.22. The zero-order valence-corrected chi connectivity index (χ0v) is 19.4. The van der Waals surface area contributed by atoms with Crippen LogP contribution >= 0.6 is 0 Å². The lowest BCUT2D eigenvalue weighted by Gasteiger charge is -2.11.